The summed E-state index contributed by atoms with van der Waals surface area (Å²) in [6, 6.07) is 7.08. The Kier molecular flexibility index (Phi) is 2.79. The van der Waals surface area contributed by atoms with E-state index in [0.717, 1.165) is 23.4 Å². The third kappa shape index (κ3) is 1.86. The molecule has 2 rings (SSSR count). The highest BCUT2D eigenvalue weighted by molar-refractivity contribution is 6.32. The molecule has 0 N–H and O–H groups in total. The van der Waals surface area contributed by atoms with Gasteiger partial charge in [-0.05, 0) is 32.0 Å². The summed E-state index contributed by atoms with van der Waals surface area (Å²) >= 11 is 6.09. The molecule has 0 atom stereocenters. The first-order valence-electron chi connectivity index (χ1n) is 4.90. The van der Waals surface area contributed by atoms with Crippen LogP contribution in [0, 0.1) is 13.8 Å². The molecule has 0 radical (unpaired) electrons. The predicted molar refractivity (Wildman–Crippen MR) is 63.4 cm³/mol. The van der Waals surface area contributed by atoms with Crippen LogP contribution in [0.15, 0.2) is 24.3 Å². The van der Waals surface area contributed by atoms with Crippen LogP contribution < -0.4 is 0 Å². The molecule has 1 aromatic carbocycles. The number of halogens is 1. The van der Waals surface area contributed by atoms with Crippen molar-refractivity contribution in [3.8, 4) is 5.69 Å². The van der Waals surface area contributed by atoms with Gasteiger partial charge in [-0.15, -0.1) is 0 Å². The van der Waals surface area contributed by atoms with Crippen LogP contribution in [0.1, 0.15) is 21.7 Å². The van der Waals surface area contributed by atoms with E-state index in [0.29, 0.717) is 10.6 Å². The Balaban J connectivity index is 2.62. The van der Waals surface area contributed by atoms with Gasteiger partial charge in [0.1, 0.15) is 6.29 Å². The highest BCUT2D eigenvalue weighted by atomic mass is 35.5. The first kappa shape index (κ1) is 10.9. The first-order chi connectivity index (χ1) is 7.61. The van der Waals surface area contributed by atoms with Crippen molar-refractivity contribution in [2.24, 2.45) is 0 Å². The third-order valence-corrected chi connectivity index (χ3v) is 2.66. The summed E-state index contributed by atoms with van der Waals surface area (Å²) < 4.78 is 1.74. The molecule has 0 unspecified atom stereocenters. The van der Waals surface area contributed by atoms with Crippen molar-refractivity contribution >= 4 is 17.9 Å². The summed E-state index contributed by atoms with van der Waals surface area (Å²) in [7, 11) is 0. The largest absolute Gasteiger partial charge is 0.298 e. The number of rotatable bonds is 2. The maximum Gasteiger partial charge on any atom is 0.150 e. The van der Waals surface area contributed by atoms with Crippen molar-refractivity contribution in [3.05, 3.63) is 46.2 Å². The lowest BCUT2D eigenvalue weighted by atomic mass is 10.2. The van der Waals surface area contributed by atoms with Gasteiger partial charge in [-0.1, -0.05) is 17.7 Å². The van der Waals surface area contributed by atoms with Crippen LogP contribution in [-0.2, 0) is 0 Å². The predicted octanol–water partition coefficient (Wildman–Crippen LogP) is 2.96. The van der Waals surface area contributed by atoms with Crippen LogP contribution in [0.4, 0.5) is 0 Å². The van der Waals surface area contributed by atoms with Gasteiger partial charge in [0, 0.05) is 11.3 Å². The van der Waals surface area contributed by atoms with Gasteiger partial charge in [-0.2, -0.15) is 5.10 Å². The van der Waals surface area contributed by atoms with E-state index >= 15 is 0 Å². The SMILES string of the molecule is Cc1cc(C)n(-c2cc(C=O)ccc2Cl)n1. The zero-order valence-corrected chi connectivity index (χ0v) is 9.82. The van der Waals surface area contributed by atoms with Crippen LogP contribution in [-0.4, -0.2) is 16.1 Å². The molecule has 0 amide bonds. The molecular formula is C12H11ClN2O. The second kappa shape index (κ2) is 4.10. The minimum absolute atomic E-state index is 0.580. The Morgan fingerprint density at radius 3 is 2.62 bits per heavy atom. The molecule has 2 aromatic rings. The Hall–Kier alpha value is -1.61. The molecule has 3 nitrogen and oxygen atoms in total. The van der Waals surface area contributed by atoms with Crippen molar-refractivity contribution in [3.63, 3.8) is 0 Å². The molecule has 1 aromatic heterocycles. The monoisotopic (exact) mass is 234 g/mol. The molecule has 0 aliphatic carbocycles. The summed E-state index contributed by atoms with van der Waals surface area (Å²) in [5.41, 5.74) is 3.23. The number of carbonyl (C=O) groups excluding carboxylic acids is 1. The van der Waals surface area contributed by atoms with E-state index in [2.05, 4.69) is 5.10 Å². The molecule has 0 aliphatic rings. The zero-order chi connectivity index (χ0) is 11.7. The van der Waals surface area contributed by atoms with Gasteiger partial charge < -0.3 is 0 Å². The number of hydrogen-bond acceptors (Lipinski definition) is 2. The lowest BCUT2D eigenvalue weighted by molar-refractivity contribution is 0.112. The highest BCUT2D eigenvalue weighted by Crippen LogP contribution is 2.22. The number of aromatic nitrogens is 2. The fraction of sp³-hybridized carbons (Fsp3) is 0.167. The van der Waals surface area contributed by atoms with Crippen LogP contribution >= 0.6 is 11.6 Å². The molecule has 4 heteroatoms. The van der Waals surface area contributed by atoms with Gasteiger partial charge >= 0.3 is 0 Å². The lowest BCUT2D eigenvalue weighted by Gasteiger charge is -2.07. The summed E-state index contributed by atoms with van der Waals surface area (Å²) in [6.07, 6.45) is 0.797. The summed E-state index contributed by atoms with van der Waals surface area (Å²) in [4.78, 5) is 10.7. The number of hydrogen-bond donors (Lipinski definition) is 0. The summed E-state index contributed by atoms with van der Waals surface area (Å²) in [5, 5.41) is 4.91. The van der Waals surface area contributed by atoms with Gasteiger partial charge in [-0.3, -0.25) is 4.79 Å². The van der Waals surface area contributed by atoms with Gasteiger partial charge in [0.2, 0.25) is 0 Å². The highest BCUT2D eigenvalue weighted by Gasteiger charge is 2.08. The van der Waals surface area contributed by atoms with Gasteiger partial charge in [0.15, 0.2) is 0 Å². The van der Waals surface area contributed by atoms with E-state index in [1.54, 1.807) is 22.9 Å². The molecular weight excluding hydrogens is 224 g/mol. The van der Waals surface area contributed by atoms with E-state index in [4.69, 9.17) is 11.6 Å². The number of carbonyl (C=O) groups is 1. The molecule has 16 heavy (non-hydrogen) atoms. The van der Waals surface area contributed by atoms with Crippen molar-refractivity contribution in [1.29, 1.82) is 0 Å². The van der Waals surface area contributed by atoms with Crippen molar-refractivity contribution in [2.75, 3.05) is 0 Å². The molecule has 0 saturated carbocycles. The maximum atomic E-state index is 10.7. The quantitative estimate of drug-likeness (QED) is 0.749. The maximum absolute atomic E-state index is 10.7. The smallest absolute Gasteiger partial charge is 0.150 e. The molecule has 82 valence electrons. The number of nitrogens with zero attached hydrogens (tertiary/aromatic N) is 2. The molecule has 0 fully saturated rings. The minimum atomic E-state index is 0.580. The Morgan fingerprint density at radius 2 is 2.06 bits per heavy atom. The molecule has 0 bridgehead atoms. The summed E-state index contributed by atoms with van der Waals surface area (Å²) in [6.45, 7) is 3.87. The number of aryl methyl sites for hydroxylation is 2. The number of benzene rings is 1. The van der Waals surface area contributed by atoms with Crippen molar-refractivity contribution in [2.45, 2.75) is 13.8 Å². The van der Waals surface area contributed by atoms with Gasteiger partial charge in [0.25, 0.3) is 0 Å². The second-order valence-corrected chi connectivity index (χ2v) is 4.07. The van der Waals surface area contributed by atoms with E-state index in [-0.39, 0.29) is 0 Å². The van der Waals surface area contributed by atoms with Crippen molar-refractivity contribution in [1.82, 2.24) is 9.78 Å². The molecule has 0 spiro atoms. The molecule has 0 saturated heterocycles. The minimum Gasteiger partial charge on any atom is -0.298 e. The van der Waals surface area contributed by atoms with Crippen LogP contribution in [0.3, 0.4) is 0 Å². The van der Waals surface area contributed by atoms with Crippen LogP contribution in [0.25, 0.3) is 5.69 Å². The van der Waals surface area contributed by atoms with Crippen molar-refractivity contribution < 1.29 is 4.79 Å². The second-order valence-electron chi connectivity index (χ2n) is 3.67. The normalized spacial score (nSPS) is 10.4. The Bertz CT molecular complexity index is 546. The third-order valence-electron chi connectivity index (χ3n) is 2.34. The fourth-order valence-corrected chi connectivity index (χ4v) is 1.84. The van der Waals surface area contributed by atoms with Gasteiger partial charge in [0.05, 0.1) is 16.4 Å². The first-order valence-corrected chi connectivity index (χ1v) is 5.28. The number of aldehydes is 1. The fourth-order valence-electron chi connectivity index (χ4n) is 1.64. The Morgan fingerprint density at radius 1 is 1.31 bits per heavy atom. The zero-order valence-electron chi connectivity index (χ0n) is 9.07. The Labute approximate surface area is 98.7 Å². The van der Waals surface area contributed by atoms with Crippen LogP contribution in [0.2, 0.25) is 5.02 Å². The van der Waals surface area contributed by atoms with Gasteiger partial charge in [-0.25, -0.2) is 4.68 Å². The van der Waals surface area contributed by atoms with E-state index in [1.807, 2.05) is 19.9 Å². The van der Waals surface area contributed by atoms with E-state index in [1.165, 1.54) is 0 Å². The standard InChI is InChI=1S/C12H11ClN2O/c1-8-5-9(2)15(14-8)12-6-10(7-16)3-4-11(12)13/h3-7H,1-2H3. The van der Waals surface area contributed by atoms with Crippen LogP contribution in [0.5, 0.6) is 0 Å². The molecule has 0 aliphatic heterocycles. The topological polar surface area (TPSA) is 34.9 Å². The average Bonchev–Trinajstić information content (AvgIpc) is 2.58. The van der Waals surface area contributed by atoms with E-state index < -0.39 is 0 Å². The lowest BCUT2D eigenvalue weighted by Crippen LogP contribution is -2.00. The summed E-state index contributed by atoms with van der Waals surface area (Å²) in [5.74, 6) is 0. The average molecular weight is 235 g/mol. The van der Waals surface area contributed by atoms with E-state index in [9.17, 15) is 4.79 Å². The molecule has 1 heterocycles.